The Hall–Kier alpha value is -0.980. The van der Waals surface area contributed by atoms with Gasteiger partial charge in [0.05, 0.1) is 5.56 Å². The Balaban J connectivity index is 0.00000200. The molecule has 0 amide bonds. The van der Waals surface area contributed by atoms with Crippen LogP contribution in [-0.4, -0.2) is 44.2 Å². The highest BCUT2D eigenvalue weighted by Gasteiger charge is 2.31. The molecule has 1 aliphatic heterocycles. The molecule has 2 rings (SSSR count). The van der Waals surface area contributed by atoms with Crippen LogP contribution in [0.15, 0.2) is 24.3 Å². The molecule has 2 N–H and O–H groups in total. The number of piperazine rings is 1. The lowest BCUT2D eigenvalue weighted by molar-refractivity contribution is -0.137. The number of nitrogens with two attached hydrogens (primary N) is 1. The number of hydrogen-bond acceptors (Lipinski definition) is 3. The molecule has 0 aliphatic carbocycles. The molecular weight excluding hydrogens is 291 g/mol. The second-order valence-corrected chi connectivity index (χ2v) is 4.67. The number of nitrogens with zero attached hydrogens (tertiary/aromatic N) is 2. The largest absolute Gasteiger partial charge is 0.416 e. The third kappa shape index (κ3) is 4.26. The van der Waals surface area contributed by atoms with Crippen LogP contribution in [0.4, 0.5) is 18.9 Å². The molecule has 1 aromatic rings. The number of benzene rings is 1. The first kappa shape index (κ1) is 17.1. The highest BCUT2D eigenvalue weighted by Crippen LogP contribution is 2.31. The first-order chi connectivity index (χ1) is 9.00. The van der Waals surface area contributed by atoms with Gasteiger partial charge in [0.1, 0.15) is 0 Å². The van der Waals surface area contributed by atoms with Crippen molar-refractivity contribution < 1.29 is 13.2 Å². The van der Waals surface area contributed by atoms with Gasteiger partial charge in [-0.1, -0.05) is 6.07 Å². The van der Waals surface area contributed by atoms with Crippen molar-refractivity contribution >= 4 is 18.1 Å². The first-order valence-electron chi connectivity index (χ1n) is 6.35. The van der Waals surface area contributed by atoms with Crippen LogP contribution in [0.5, 0.6) is 0 Å². The number of halogens is 4. The van der Waals surface area contributed by atoms with Crippen molar-refractivity contribution in [1.29, 1.82) is 0 Å². The summed E-state index contributed by atoms with van der Waals surface area (Å²) in [7, 11) is 0. The first-order valence-corrected chi connectivity index (χ1v) is 6.35. The fourth-order valence-electron chi connectivity index (χ4n) is 2.29. The Morgan fingerprint density at radius 2 is 1.75 bits per heavy atom. The van der Waals surface area contributed by atoms with Gasteiger partial charge in [0.15, 0.2) is 0 Å². The van der Waals surface area contributed by atoms with Crippen LogP contribution in [0.1, 0.15) is 5.56 Å². The Morgan fingerprint density at radius 3 is 2.30 bits per heavy atom. The topological polar surface area (TPSA) is 32.5 Å². The van der Waals surface area contributed by atoms with Crippen LogP contribution in [0.2, 0.25) is 0 Å². The van der Waals surface area contributed by atoms with Crippen molar-refractivity contribution in [1.82, 2.24) is 4.90 Å². The van der Waals surface area contributed by atoms with E-state index in [1.807, 2.05) is 4.90 Å². The summed E-state index contributed by atoms with van der Waals surface area (Å²) in [6, 6.07) is 5.52. The Kier molecular flexibility index (Phi) is 6.10. The summed E-state index contributed by atoms with van der Waals surface area (Å²) in [4.78, 5) is 4.21. The molecule has 0 atom stereocenters. The summed E-state index contributed by atoms with van der Waals surface area (Å²) in [5.74, 6) is 0. The van der Waals surface area contributed by atoms with Crippen molar-refractivity contribution in [2.24, 2.45) is 5.73 Å². The molecule has 0 saturated carbocycles. The van der Waals surface area contributed by atoms with Crippen molar-refractivity contribution in [3.63, 3.8) is 0 Å². The fourth-order valence-corrected chi connectivity index (χ4v) is 2.29. The summed E-state index contributed by atoms with van der Waals surface area (Å²) in [6.45, 7) is 4.61. The van der Waals surface area contributed by atoms with Crippen molar-refractivity contribution in [2.75, 3.05) is 44.2 Å². The lowest BCUT2D eigenvalue weighted by Crippen LogP contribution is -2.47. The Morgan fingerprint density at radius 1 is 1.10 bits per heavy atom. The smallest absolute Gasteiger partial charge is 0.369 e. The normalized spacial score (nSPS) is 16.9. The van der Waals surface area contributed by atoms with Gasteiger partial charge < -0.3 is 10.6 Å². The fraction of sp³-hybridized carbons (Fsp3) is 0.538. The molecule has 0 spiro atoms. The van der Waals surface area contributed by atoms with E-state index in [9.17, 15) is 13.2 Å². The third-order valence-electron chi connectivity index (χ3n) is 3.36. The Labute approximate surface area is 122 Å². The Bertz CT molecular complexity index is 418. The average Bonchev–Trinajstić information content (AvgIpc) is 2.39. The van der Waals surface area contributed by atoms with Gasteiger partial charge in [-0.2, -0.15) is 13.2 Å². The summed E-state index contributed by atoms with van der Waals surface area (Å²) >= 11 is 0. The lowest BCUT2D eigenvalue weighted by Gasteiger charge is -2.36. The monoisotopic (exact) mass is 309 g/mol. The molecule has 0 aromatic heterocycles. The van der Waals surface area contributed by atoms with Crippen LogP contribution in [-0.2, 0) is 6.18 Å². The molecular formula is C13H19ClF3N3. The molecule has 20 heavy (non-hydrogen) atoms. The minimum Gasteiger partial charge on any atom is -0.369 e. The summed E-state index contributed by atoms with van der Waals surface area (Å²) in [6.07, 6.45) is -4.28. The quantitative estimate of drug-likeness (QED) is 0.929. The predicted octanol–water partition coefficient (Wildman–Crippen LogP) is 2.21. The molecule has 1 aliphatic rings. The van der Waals surface area contributed by atoms with E-state index in [4.69, 9.17) is 5.73 Å². The van der Waals surface area contributed by atoms with Gasteiger partial charge in [0.25, 0.3) is 0 Å². The number of anilines is 1. The highest BCUT2D eigenvalue weighted by atomic mass is 35.5. The van der Waals surface area contributed by atoms with Gasteiger partial charge in [0.2, 0.25) is 0 Å². The minimum atomic E-state index is -4.28. The molecule has 0 radical (unpaired) electrons. The van der Waals surface area contributed by atoms with E-state index < -0.39 is 11.7 Å². The molecule has 1 heterocycles. The van der Waals surface area contributed by atoms with Crippen LogP contribution >= 0.6 is 12.4 Å². The van der Waals surface area contributed by atoms with Gasteiger partial charge in [0, 0.05) is 45.0 Å². The molecule has 1 aromatic carbocycles. The summed E-state index contributed by atoms with van der Waals surface area (Å²) in [5.41, 5.74) is 5.54. The lowest BCUT2D eigenvalue weighted by atomic mass is 10.1. The van der Waals surface area contributed by atoms with Crippen molar-refractivity contribution in [2.45, 2.75) is 6.18 Å². The molecule has 0 bridgehead atoms. The molecule has 0 unspecified atom stereocenters. The molecule has 7 heteroatoms. The standard InChI is InChI=1S/C13H18F3N3.ClH/c14-13(15,16)11-2-1-3-12(10-11)19-8-6-18(5-4-17)7-9-19;/h1-3,10H,4-9,17H2;1H. The van der Waals surface area contributed by atoms with Crippen LogP contribution in [0.3, 0.4) is 0 Å². The average molecular weight is 310 g/mol. The van der Waals surface area contributed by atoms with Crippen molar-refractivity contribution in [3.05, 3.63) is 29.8 Å². The van der Waals surface area contributed by atoms with E-state index in [1.165, 1.54) is 12.1 Å². The van der Waals surface area contributed by atoms with Gasteiger partial charge in [-0.15, -0.1) is 12.4 Å². The number of rotatable bonds is 3. The van der Waals surface area contributed by atoms with Gasteiger partial charge in [-0.3, -0.25) is 4.90 Å². The van der Waals surface area contributed by atoms with Crippen LogP contribution < -0.4 is 10.6 Å². The SMILES string of the molecule is Cl.NCCN1CCN(c2cccc(C(F)(F)F)c2)CC1. The zero-order valence-electron chi connectivity index (χ0n) is 11.1. The summed E-state index contributed by atoms with van der Waals surface area (Å²) < 4.78 is 38.0. The molecule has 1 saturated heterocycles. The van der Waals surface area contributed by atoms with Crippen molar-refractivity contribution in [3.8, 4) is 0 Å². The van der Waals surface area contributed by atoms with E-state index in [0.29, 0.717) is 12.2 Å². The maximum Gasteiger partial charge on any atom is 0.416 e. The molecule has 1 fully saturated rings. The van der Waals surface area contributed by atoms with Crippen LogP contribution in [0, 0.1) is 0 Å². The molecule has 3 nitrogen and oxygen atoms in total. The predicted molar refractivity (Wildman–Crippen MR) is 76.4 cm³/mol. The van der Waals surface area contributed by atoms with Crippen LogP contribution in [0.25, 0.3) is 0 Å². The van der Waals surface area contributed by atoms with E-state index in [-0.39, 0.29) is 12.4 Å². The number of hydrogen-bond donors (Lipinski definition) is 1. The van der Waals surface area contributed by atoms with E-state index in [2.05, 4.69) is 4.90 Å². The maximum absolute atomic E-state index is 12.7. The molecule has 114 valence electrons. The summed E-state index contributed by atoms with van der Waals surface area (Å²) in [5, 5.41) is 0. The van der Waals surface area contributed by atoms with E-state index >= 15 is 0 Å². The zero-order valence-corrected chi connectivity index (χ0v) is 11.9. The number of alkyl halides is 3. The second kappa shape index (κ2) is 7.15. The van der Waals surface area contributed by atoms with Gasteiger partial charge in [-0.25, -0.2) is 0 Å². The maximum atomic E-state index is 12.7. The minimum absolute atomic E-state index is 0. The van der Waals surface area contributed by atoms with E-state index in [1.54, 1.807) is 6.07 Å². The third-order valence-corrected chi connectivity index (χ3v) is 3.36. The van der Waals surface area contributed by atoms with Gasteiger partial charge >= 0.3 is 6.18 Å². The zero-order chi connectivity index (χ0) is 13.9. The van der Waals surface area contributed by atoms with E-state index in [0.717, 1.165) is 38.8 Å². The highest BCUT2D eigenvalue weighted by molar-refractivity contribution is 5.85. The second-order valence-electron chi connectivity index (χ2n) is 4.67. The van der Waals surface area contributed by atoms with Gasteiger partial charge in [-0.05, 0) is 18.2 Å².